The van der Waals surface area contributed by atoms with Crippen LogP contribution >= 0.6 is 0 Å². The number of hydrogen-bond donors (Lipinski definition) is 1. The van der Waals surface area contributed by atoms with Crippen LogP contribution in [0.25, 0.3) is 22.7 Å². The van der Waals surface area contributed by atoms with E-state index in [9.17, 15) is 9.59 Å². The number of carbonyl (C=O) groups is 2. The zero-order valence-corrected chi connectivity index (χ0v) is 18.1. The van der Waals surface area contributed by atoms with Crippen LogP contribution in [0.4, 0.5) is 5.82 Å². The first-order valence-electron chi connectivity index (χ1n) is 11.1. The van der Waals surface area contributed by atoms with E-state index in [4.69, 9.17) is 9.72 Å². The van der Waals surface area contributed by atoms with Crippen LogP contribution in [-0.4, -0.2) is 70.0 Å². The SMILES string of the molecule is COC(=O)c1cccc(-c2nc3ccc(N4CCC[C@@H](C(=O)N5CCCC5)C4)nc3[nH]2)n1. The highest BCUT2D eigenvalue weighted by molar-refractivity contribution is 5.88. The maximum Gasteiger partial charge on any atom is 0.356 e. The van der Waals surface area contributed by atoms with Crippen molar-refractivity contribution in [3.05, 3.63) is 36.0 Å². The van der Waals surface area contributed by atoms with Crippen LogP contribution in [0.2, 0.25) is 0 Å². The van der Waals surface area contributed by atoms with E-state index in [1.807, 2.05) is 17.0 Å². The zero-order valence-electron chi connectivity index (χ0n) is 18.1. The molecular weight excluding hydrogens is 408 g/mol. The number of imidazole rings is 1. The Labute approximate surface area is 185 Å². The molecule has 2 aliphatic rings. The van der Waals surface area contributed by atoms with Gasteiger partial charge in [-0.2, -0.15) is 0 Å². The van der Waals surface area contributed by atoms with E-state index in [2.05, 4.69) is 19.9 Å². The van der Waals surface area contributed by atoms with Crippen molar-refractivity contribution < 1.29 is 14.3 Å². The van der Waals surface area contributed by atoms with Gasteiger partial charge < -0.3 is 19.5 Å². The number of piperidine rings is 1. The molecule has 5 heterocycles. The second-order valence-corrected chi connectivity index (χ2v) is 8.34. The fraction of sp³-hybridized carbons (Fsp3) is 0.435. The number of amides is 1. The van der Waals surface area contributed by atoms with Crippen LogP contribution < -0.4 is 4.90 Å². The molecule has 3 aromatic heterocycles. The van der Waals surface area contributed by atoms with E-state index in [1.54, 1.807) is 18.2 Å². The summed E-state index contributed by atoms with van der Waals surface area (Å²) < 4.78 is 4.75. The maximum absolute atomic E-state index is 12.9. The van der Waals surface area contributed by atoms with Crippen molar-refractivity contribution in [2.75, 3.05) is 38.2 Å². The summed E-state index contributed by atoms with van der Waals surface area (Å²) in [5.74, 6) is 1.20. The Morgan fingerprint density at radius 3 is 2.69 bits per heavy atom. The maximum atomic E-state index is 12.9. The Bertz CT molecular complexity index is 1150. The van der Waals surface area contributed by atoms with Crippen molar-refractivity contribution in [2.24, 2.45) is 5.92 Å². The zero-order chi connectivity index (χ0) is 22.1. The second kappa shape index (κ2) is 8.57. The molecule has 166 valence electrons. The number of nitrogens with zero attached hydrogens (tertiary/aromatic N) is 5. The molecule has 1 atom stereocenters. The lowest BCUT2D eigenvalue weighted by Gasteiger charge is -2.34. The predicted molar refractivity (Wildman–Crippen MR) is 119 cm³/mol. The molecule has 0 saturated carbocycles. The van der Waals surface area contributed by atoms with E-state index in [0.717, 1.165) is 56.7 Å². The summed E-state index contributed by atoms with van der Waals surface area (Å²) in [6, 6.07) is 9.00. The average molecular weight is 435 g/mol. The van der Waals surface area contributed by atoms with E-state index in [-0.39, 0.29) is 17.5 Å². The predicted octanol–water partition coefficient (Wildman–Crippen LogP) is 2.65. The van der Waals surface area contributed by atoms with Gasteiger partial charge in [0, 0.05) is 26.2 Å². The summed E-state index contributed by atoms with van der Waals surface area (Å²) in [5.41, 5.74) is 2.13. The molecule has 5 rings (SSSR count). The number of fused-ring (bicyclic) bond motifs is 1. The largest absolute Gasteiger partial charge is 0.464 e. The number of esters is 1. The van der Waals surface area contributed by atoms with Gasteiger partial charge in [0.2, 0.25) is 5.91 Å². The normalized spacial score (nSPS) is 18.8. The summed E-state index contributed by atoms with van der Waals surface area (Å²) in [6.45, 7) is 3.35. The third kappa shape index (κ3) is 3.90. The third-order valence-corrected chi connectivity index (χ3v) is 6.23. The second-order valence-electron chi connectivity index (χ2n) is 8.34. The molecule has 0 radical (unpaired) electrons. The first-order valence-corrected chi connectivity index (χ1v) is 11.1. The van der Waals surface area contributed by atoms with Crippen LogP contribution in [-0.2, 0) is 9.53 Å². The highest BCUT2D eigenvalue weighted by atomic mass is 16.5. The lowest BCUT2D eigenvalue weighted by atomic mass is 9.96. The number of hydrogen-bond acceptors (Lipinski definition) is 7. The number of rotatable bonds is 4. The van der Waals surface area contributed by atoms with Gasteiger partial charge in [-0.15, -0.1) is 0 Å². The number of nitrogens with one attached hydrogen (secondary N) is 1. The minimum Gasteiger partial charge on any atom is -0.464 e. The summed E-state index contributed by atoms with van der Waals surface area (Å²) in [4.78, 5) is 45.8. The van der Waals surface area contributed by atoms with Gasteiger partial charge in [-0.05, 0) is 49.9 Å². The Hall–Kier alpha value is -3.49. The smallest absolute Gasteiger partial charge is 0.356 e. The molecule has 2 saturated heterocycles. The number of aromatic amines is 1. The van der Waals surface area contributed by atoms with Crippen LogP contribution in [0.5, 0.6) is 0 Å². The van der Waals surface area contributed by atoms with Crippen molar-refractivity contribution in [3.63, 3.8) is 0 Å². The number of carbonyl (C=O) groups excluding carboxylic acids is 2. The molecule has 1 amide bonds. The van der Waals surface area contributed by atoms with Gasteiger partial charge in [0.25, 0.3) is 0 Å². The van der Waals surface area contributed by atoms with E-state index >= 15 is 0 Å². The summed E-state index contributed by atoms with van der Waals surface area (Å²) in [7, 11) is 1.33. The van der Waals surface area contributed by atoms with Gasteiger partial charge in [0.05, 0.1) is 13.0 Å². The third-order valence-electron chi connectivity index (χ3n) is 6.23. The highest BCUT2D eigenvalue weighted by Crippen LogP contribution is 2.26. The van der Waals surface area contributed by atoms with Crippen molar-refractivity contribution in [1.29, 1.82) is 0 Å². The Kier molecular flexibility index (Phi) is 5.46. The van der Waals surface area contributed by atoms with Crippen LogP contribution in [0.3, 0.4) is 0 Å². The number of H-pyrrole nitrogens is 1. The number of methoxy groups -OCH3 is 1. The topological polar surface area (TPSA) is 104 Å². The Morgan fingerprint density at radius 1 is 1.03 bits per heavy atom. The van der Waals surface area contributed by atoms with Gasteiger partial charge in [-0.25, -0.2) is 19.7 Å². The fourth-order valence-electron chi connectivity index (χ4n) is 4.55. The minimum absolute atomic E-state index is 0.0296. The van der Waals surface area contributed by atoms with Gasteiger partial charge in [0.15, 0.2) is 11.5 Å². The van der Waals surface area contributed by atoms with Gasteiger partial charge in [-0.3, -0.25) is 4.79 Å². The molecule has 32 heavy (non-hydrogen) atoms. The number of likely N-dealkylation sites (tertiary alicyclic amines) is 1. The summed E-state index contributed by atoms with van der Waals surface area (Å²) in [6.07, 6.45) is 4.13. The van der Waals surface area contributed by atoms with E-state index < -0.39 is 5.97 Å². The summed E-state index contributed by atoms with van der Waals surface area (Å²) in [5, 5.41) is 0. The van der Waals surface area contributed by atoms with Gasteiger partial charge >= 0.3 is 5.97 Å². The number of anilines is 1. The highest BCUT2D eigenvalue weighted by Gasteiger charge is 2.31. The molecule has 9 nitrogen and oxygen atoms in total. The first-order chi connectivity index (χ1) is 15.6. The van der Waals surface area contributed by atoms with Crippen molar-refractivity contribution in [2.45, 2.75) is 25.7 Å². The quantitative estimate of drug-likeness (QED) is 0.630. The van der Waals surface area contributed by atoms with Crippen molar-refractivity contribution >= 4 is 28.9 Å². The van der Waals surface area contributed by atoms with E-state index in [1.165, 1.54) is 7.11 Å². The molecule has 2 fully saturated rings. The molecule has 2 aliphatic heterocycles. The minimum atomic E-state index is -0.494. The molecular formula is C23H26N6O3. The van der Waals surface area contributed by atoms with Crippen LogP contribution in [0, 0.1) is 5.92 Å². The van der Waals surface area contributed by atoms with Gasteiger partial charge in [-0.1, -0.05) is 6.07 Å². The average Bonchev–Trinajstić information content (AvgIpc) is 3.53. The molecule has 0 unspecified atom stereocenters. The van der Waals surface area contributed by atoms with Crippen LogP contribution in [0.1, 0.15) is 36.2 Å². The van der Waals surface area contributed by atoms with E-state index in [0.29, 0.717) is 23.7 Å². The fourth-order valence-corrected chi connectivity index (χ4v) is 4.55. The molecule has 0 aromatic carbocycles. The Morgan fingerprint density at radius 2 is 1.88 bits per heavy atom. The monoisotopic (exact) mass is 434 g/mol. The van der Waals surface area contributed by atoms with Crippen molar-refractivity contribution in [1.82, 2.24) is 24.8 Å². The standard InChI is InChI=1S/C23H26N6O3/c1-32-23(31)18-8-4-7-16(24-18)20-25-17-9-10-19(26-21(17)27-20)29-13-5-6-15(14-29)22(30)28-11-2-3-12-28/h4,7-10,15H,2-3,5-6,11-14H2,1H3,(H,25,26,27)/t15-/m1/s1. The molecule has 9 heteroatoms. The first kappa shape index (κ1) is 20.4. The summed E-state index contributed by atoms with van der Waals surface area (Å²) >= 11 is 0. The molecule has 0 bridgehead atoms. The molecule has 3 aromatic rings. The molecule has 0 aliphatic carbocycles. The van der Waals surface area contributed by atoms with Crippen molar-refractivity contribution in [3.8, 4) is 11.5 Å². The lowest BCUT2D eigenvalue weighted by Crippen LogP contribution is -2.44. The Balaban J connectivity index is 1.37. The lowest BCUT2D eigenvalue weighted by molar-refractivity contribution is -0.134. The number of pyridine rings is 2. The molecule has 0 spiro atoms. The van der Waals surface area contributed by atoms with Crippen LogP contribution in [0.15, 0.2) is 30.3 Å². The van der Waals surface area contributed by atoms with Gasteiger partial charge in [0.1, 0.15) is 22.7 Å². The number of aromatic nitrogens is 4. The number of ether oxygens (including phenoxy) is 1. The molecule has 1 N–H and O–H groups in total.